The number of phenols is 1. The smallest absolute Gasteiger partial charge is 0.293 e. The lowest BCUT2D eigenvalue weighted by Gasteiger charge is -2.13. The topological polar surface area (TPSA) is 66.8 Å². The monoisotopic (exact) mass is 533 g/mol. The number of halogens is 3. The molecule has 1 aliphatic heterocycles. The van der Waals surface area contributed by atoms with Crippen LogP contribution in [0.4, 0.5) is 9.18 Å². The van der Waals surface area contributed by atoms with E-state index >= 15 is 0 Å². The van der Waals surface area contributed by atoms with Gasteiger partial charge in [0.1, 0.15) is 5.82 Å². The second-order valence-corrected chi connectivity index (χ2v) is 8.35. The summed E-state index contributed by atoms with van der Waals surface area (Å²) < 4.78 is 19.2. The van der Waals surface area contributed by atoms with Crippen LogP contribution < -0.4 is 4.74 Å². The minimum atomic E-state index is -0.491. The zero-order valence-electron chi connectivity index (χ0n) is 14.5. The third kappa shape index (κ3) is 4.44. The van der Waals surface area contributed by atoms with E-state index in [9.17, 15) is 19.1 Å². The zero-order chi connectivity index (χ0) is 20.4. The third-order valence-corrected chi connectivity index (χ3v) is 5.95. The lowest BCUT2D eigenvalue weighted by molar-refractivity contribution is -0.123. The number of thioether (sulfide) groups is 1. The van der Waals surface area contributed by atoms with Crippen LogP contribution in [0.2, 0.25) is 5.02 Å². The van der Waals surface area contributed by atoms with Crippen molar-refractivity contribution in [1.82, 2.24) is 4.90 Å². The molecule has 2 aromatic rings. The summed E-state index contributed by atoms with van der Waals surface area (Å²) in [5.74, 6) is -0.622. The molecule has 9 heteroatoms. The summed E-state index contributed by atoms with van der Waals surface area (Å²) in [4.78, 5) is 26.3. The first-order valence-corrected chi connectivity index (χ1v) is 10.4. The Bertz CT molecular complexity index is 998. The van der Waals surface area contributed by atoms with Crippen LogP contribution >= 0.6 is 46.0 Å². The Morgan fingerprint density at radius 2 is 2.07 bits per heavy atom. The summed E-state index contributed by atoms with van der Waals surface area (Å²) in [5.41, 5.74) is 1.10. The molecule has 1 aliphatic rings. The van der Waals surface area contributed by atoms with Crippen molar-refractivity contribution in [3.8, 4) is 11.5 Å². The number of aromatic hydroxyl groups is 1. The number of hydrogen-bond acceptors (Lipinski definition) is 5. The molecule has 1 N–H and O–H groups in total. The van der Waals surface area contributed by atoms with Crippen molar-refractivity contribution in [3.63, 3.8) is 0 Å². The lowest BCUT2D eigenvalue weighted by Crippen LogP contribution is -2.27. The molecule has 0 spiro atoms. The fourth-order valence-electron chi connectivity index (χ4n) is 2.55. The average Bonchev–Trinajstić information content (AvgIpc) is 2.89. The van der Waals surface area contributed by atoms with E-state index in [1.807, 2.05) is 22.6 Å². The van der Waals surface area contributed by atoms with Gasteiger partial charge in [-0.25, -0.2) is 4.39 Å². The second-order valence-electron chi connectivity index (χ2n) is 5.79. The van der Waals surface area contributed by atoms with Gasteiger partial charge in [0.15, 0.2) is 11.5 Å². The minimum Gasteiger partial charge on any atom is -0.504 e. The number of amides is 2. The number of ether oxygens (including phenoxy) is 1. The van der Waals surface area contributed by atoms with Gasteiger partial charge in [0.25, 0.3) is 11.1 Å². The molecule has 0 saturated carbocycles. The van der Waals surface area contributed by atoms with Crippen LogP contribution in [0.5, 0.6) is 11.5 Å². The van der Waals surface area contributed by atoms with Gasteiger partial charge in [-0.15, -0.1) is 0 Å². The second kappa shape index (κ2) is 8.71. The van der Waals surface area contributed by atoms with Crippen LogP contribution in [0.1, 0.15) is 18.1 Å². The van der Waals surface area contributed by atoms with Crippen molar-refractivity contribution >= 4 is 63.2 Å². The standard InChI is InChI=1S/C19H14ClFINO4S/c1-2-27-15-6-10(5-14(22)17(15)24)7-16-18(25)23(19(26)28-16)9-11-3-4-12(21)8-13(11)20/h3-8,24H,2,9H2,1H3/b16-7-. The summed E-state index contributed by atoms with van der Waals surface area (Å²) in [7, 11) is 0. The highest BCUT2D eigenvalue weighted by Gasteiger charge is 2.35. The van der Waals surface area contributed by atoms with Crippen LogP contribution in [0, 0.1) is 9.39 Å². The highest BCUT2D eigenvalue weighted by Crippen LogP contribution is 2.37. The fourth-order valence-corrected chi connectivity index (χ4v) is 4.24. The highest BCUT2D eigenvalue weighted by molar-refractivity contribution is 14.1. The van der Waals surface area contributed by atoms with Gasteiger partial charge in [-0.2, -0.15) is 0 Å². The first-order valence-electron chi connectivity index (χ1n) is 8.14. The summed E-state index contributed by atoms with van der Waals surface area (Å²) in [6.07, 6.45) is 1.57. The third-order valence-electron chi connectivity index (χ3n) is 3.87. The van der Waals surface area contributed by atoms with Crippen molar-refractivity contribution in [2.75, 3.05) is 6.61 Å². The quantitative estimate of drug-likeness (QED) is 0.410. The normalized spacial score (nSPS) is 15.6. The van der Waals surface area contributed by atoms with Crippen LogP contribution in [0.15, 0.2) is 35.2 Å². The molecular formula is C19H14ClFINO4S. The zero-order valence-corrected chi connectivity index (χ0v) is 18.3. The number of imide groups is 1. The molecule has 0 radical (unpaired) electrons. The molecule has 5 nitrogen and oxygen atoms in total. The molecular weight excluding hydrogens is 520 g/mol. The van der Waals surface area contributed by atoms with Crippen molar-refractivity contribution in [2.45, 2.75) is 13.5 Å². The van der Waals surface area contributed by atoms with Crippen molar-refractivity contribution in [2.24, 2.45) is 0 Å². The van der Waals surface area contributed by atoms with Gasteiger partial charge in [0.2, 0.25) is 0 Å². The molecule has 0 unspecified atom stereocenters. The molecule has 0 aromatic heterocycles. The van der Waals surface area contributed by atoms with E-state index in [0.717, 1.165) is 22.7 Å². The largest absolute Gasteiger partial charge is 0.504 e. The number of phenolic OH excluding ortho intramolecular Hbond substituents is 1. The number of benzene rings is 2. The molecule has 3 rings (SSSR count). The molecule has 1 fully saturated rings. The van der Waals surface area contributed by atoms with E-state index in [1.54, 1.807) is 25.1 Å². The van der Waals surface area contributed by atoms with Crippen LogP contribution in [-0.4, -0.2) is 27.8 Å². The molecule has 1 heterocycles. The molecule has 0 bridgehead atoms. The van der Waals surface area contributed by atoms with Gasteiger partial charge in [-0.05, 0) is 82.7 Å². The number of carbonyl (C=O) groups excluding carboxylic acids is 2. The summed E-state index contributed by atoms with van der Waals surface area (Å²) in [6.45, 7) is 2.13. The van der Waals surface area contributed by atoms with E-state index in [0.29, 0.717) is 27.1 Å². The Labute approximate surface area is 183 Å². The van der Waals surface area contributed by atoms with Gasteiger partial charge < -0.3 is 9.84 Å². The Morgan fingerprint density at radius 1 is 1.32 bits per heavy atom. The number of carbonyl (C=O) groups is 2. The van der Waals surface area contributed by atoms with Crippen LogP contribution in [-0.2, 0) is 11.3 Å². The minimum absolute atomic E-state index is 0.0265. The van der Waals surface area contributed by atoms with E-state index in [2.05, 4.69) is 0 Å². The molecule has 2 amide bonds. The SMILES string of the molecule is CCOc1cc(/C=C2\SC(=O)N(Cc3ccc(F)cc3Cl)C2=O)cc(I)c1O. The molecule has 1 saturated heterocycles. The Kier molecular flexibility index (Phi) is 6.51. The van der Waals surface area contributed by atoms with Gasteiger partial charge in [0.05, 0.1) is 21.6 Å². The predicted molar refractivity (Wildman–Crippen MR) is 115 cm³/mol. The molecule has 146 valence electrons. The first-order chi connectivity index (χ1) is 13.3. The Hall–Kier alpha value is -1.78. The first kappa shape index (κ1) is 20.9. The van der Waals surface area contributed by atoms with E-state index in [-0.39, 0.29) is 22.2 Å². The van der Waals surface area contributed by atoms with Gasteiger partial charge in [-0.1, -0.05) is 17.7 Å². The maximum absolute atomic E-state index is 13.2. The maximum Gasteiger partial charge on any atom is 0.293 e. The number of hydrogen-bond donors (Lipinski definition) is 1. The van der Waals surface area contributed by atoms with E-state index in [1.165, 1.54) is 12.1 Å². The summed E-state index contributed by atoms with van der Waals surface area (Å²) >= 11 is 8.77. The highest BCUT2D eigenvalue weighted by atomic mass is 127. The Morgan fingerprint density at radius 3 is 2.75 bits per heavy atom. The van der Waals surface area contributed by atoms with E-state index in [4.69, 9.17) is 16.3 Å². The van der Waals surface area contributed by atoms with Gasteiger partial charge in [0, 0.05) is 5.02 Å². The fraction of sp³-hybridized carbons (Fsp3) is 0.158. The van der Waals surface area contributed by atoms with Crippen molar-refractivity contribution < 1.29 is 23.8 Å². The van der Waals surface area contributed by atoms with E-state index < -0.39 is 17.0 Å². The average molecular weight is 534 g/mol. The molecule has 0 aliphatic carbocycles. The van der Waals surface area contributed by atoms with Crippen molar-refractivity contribution in [1.29, 1.82) is 0 Å². The molecule has 28 heavy (non-hydrogen) atoms. The van der Waals surface area contributed by atoms with Crippen LogP contribution in [0.3, 0.4) is 0 Å². The Balaban J connectivity index is 1.87. The summed E-state index contributed by atoms with van der Waals surface area (Å²) in [6, 6.07) is 7.10. The summed E-state index contributed by atoms with van der Waals surface area (Å²) in [5, 5.41) is 9.75. The number of rotatable bonds is 5. The lowest BCUT2D eigenvalue weighted by atomic mass is 10.1. The molecule has 0 atom stereocenters. The van der Waals surface area contributed by atoms with Crippen molar-refractivity contribution in [3.05, 3.63) is 60.8 Å². The van der Waals surface area contributed by atoms with Gasteiger partial charge >= 0.3 is 0 Å². The maximum atomic E-state index is 13.2. The van der Waals surface area contributed by atoms with Gasteiger partial charge in [-0.3, -0.25) is 14.5 Å². The van der Waals surface area contributed by atoms with Crippen LogP contribution in [0.25, 0.3) is 6.08 Å². The number of nitrogens with zero attached hydrogens (tertiary/aromatic N) is 1. The molecule has 2 aromatic carbocycles. The predicted octanol–water partition coefficient (Wildman–Crippen LogP) is 5.42.